The largest absolute Gasteiger partial charge is 0.506 e. The van der Waals surface area contributed by atoms with Crippen molar-refractivity contribution in [1.29, 1.82) is 0 Å². The summed E-state index contributed by atoms with van der Waals surface area (Å²) in [7, 11) is 0. The fourth-order valence-corrected chi connectivity index (χ4v) is 3.49. The number of carbonyl (C=O) groups excluding carboxylic acids is 1. The van der Waals surface area contributed by atoms with Crippen molar-refractivity contribution in [3.05, 3.63) is 47.5 Å². The van der Waals surface area contributed by atoms with E-state index < -0.39 is 5.91 Å². The number of hydrogen-bond acceptors (Lipinski definition) is 6. The Morgan fingerprint density at radius 3 is 3.00 bits per heavy atom. The number of thiazole rings is 1. The number of aromatic hydroxyl groups is 1. The van der Waals surface area contributed by atoms with Gasteiger partial charge in [-0.3, -0.25) is 4.79 Å². The monoisotopic (exact) mass is 381 g/mol. The highest BCUT2D eigenvalue weighted by Gasteiger charge is 2.08. The lowest BCUT2D eigenvalue weighted by atomic mass is 10.1. The molecule has 27 heavy (non-hydrogen) atoms. The summed E-state index contributed by atoms with van der Waals surface area (Å²) in [5, 5.41) is 13.1. The van der Waals surface area contributed by atoms with Crippen LogP contribution in [0.25, 0.3) is 10.2 Å². The molecule has 1 heterocycles. The van der Waals surface area contributed by atoms with E-state index in [0.717, 1.165) is 34.4 Å². The van der Waals surface area contributed by atoms with Gasteiger partial charge < -0.3 is 20.9 Å². The number of phenols is 1. The van der Waals surface area contributed by atoms with Crippen molar-refractivity contribution in [1.82, 2.24) is 10.3 Å². The lowest BCUT2D eigenvalue weighted by molar-refractivity contribution is -0.115. The second kappa shape index (κ2) is 8.43. The second-order valence-corrected chi connectivity index (χ2v) is 7.00. The SMILES string of the molecule is C#CC(=O)NCc1cccc(OCCCc2cc(O)c3nc(N)sc3c2)c1. The summed E-state index contributed by atoms with van der Waals surface area (Å²) in [6.45, 7) is 0.890. The molecule has 3 aromatic rings. The molecule has 0 atom stereocenters. The van der Waals surface area contributed by atoms with Gasteiger partial charge >= 0.3 is 0 Å². The molecule has 4 N–H and O–H groups in total. The molecule has 0 radical (unpaired) electrons. The van der Waals surface area contributed by atoms with Crippen LogP contribution < -0.4 is 15.8 Å². The molecule has 7 heteroatoms. The molecule has 1 aromatic heterocycles. The number of aryl methyl sites for hydroxylation is 1. The van der Waals surface area contributed by atoms with Crippen molar-refractivity contribution in [2.45, 2.75) is 19.4 Å². The van der Waals surface area contributed by atoms with Crippen LogP contribution in [0, 0.1) is 12.3 Å². The highest BCUT2D eigenvalue weighted by atomic mass is 32.1. The van der Waals surface area contributed by atoms with E-state index in [4.69, 9.17) is 16.9 Å². The zero-order valence-corrected chi connectivity index (χ0v) is 15.4. The van der Waals surface area contributed by atoms with E-state index >= 15 is 0 Å². The van der Waals surface area contributed by atoms with Gasteiger partial charge in [0, 0.05) is 6.54 Å². The maximum absolute atomic E-state index is 11.1. The molecule has 0 spiro atoms. The average Bonchev–Trinajstić information content (AvgIpc) is 3.04. The highest BCUT2D eigenvalue weighted by molar-refractivity contribution is 7.22. The number of nitrogens with zero attached hydrogens (tertiary/aromatic N) is 1. The number of hydrogen-bond donors (Lipinski definition) is 3. The first-order chi connectivity index (χ1) is 13.0. The van der Waals surface area contributed by atoms with E-state index in [2.05, 4.69) is 10.3 Å². The van der Waals surface area contributed by atoms with E-state index in [-0.39, 0.29) is 5.75 Å². The molecule has 1 amide bonds. The summed E-state index contributed by atoms with van der Waals surface area (Å²) < 4.78 is 6.66. The Kier molecular flexibility index (Phi) is 5.79. The zero-order valence-electron chi connectivity index (χ0n) is 14.6. The molecule has 0 fully saturated rings. The van der Waals surface area contributed by atoms with Crippen molar-refractivity contribution >= 4 is 32.6 Å². The fourth-order valence-electron chi connectivity index (χ4n) is 2.67. The lowest BCUT2D eigenvalue weighted by Crippen LogP contribution is -2.20. The smallest absolute Gasteiger partial charge is 0.295 e. The highest BCUT2D eigenvalue weighted by Crippen LogP contribution is 2.32. The number of ether oxygens (including phenoxy) is 1. The van der Waals surface area contributed by atoms with Crippen LogP contribution in [0.3, 0.4) is 0 Å². The molecular formula is C20H19N3O3S. The summed E-state index contributed by atoms with van der Waals surface area (Å²) in [6.07, 6.45) is 6.58. The Morgan fingerprint density at radius 1 is 1.33 bits per heavy atom. The molecular weight excluding hydrogens is 362 g/mol. The molecule has 3 rings (SSSR count). The van der Waals surface area contributed by atoms with E-state index in [9.17, 15) is 9.90 Å². The number of nitrogens with one attached hydrogen (secondary N) is 1. The summed E-state index contributed by atoms with van der Waals surface area (Å²) in [5.41, 5.74) is 8.17. The number of nitrogens with two attached hydrogens (primary N) is 1. The van der Waals surface area contributed by atoms with Crippen LogP contribution >= 0.6 is 11.3 Å². The van der Waals surface area contributed by atoms with Gasteiger partial charge in [-0.15, -0.1) is 6.42 Å². The number of benzene rings is 2. The zero-order chi connectivity index (χ0) is 19.2. The number of terminal acetylenes is 1. The van der Waals surface area contributed by atoms with Gasteiger partial charge in [-0.05, 0) is 54.2 Å². The van der Waals surface area contributed by atoms with Crippen molar-refractivity contribution in [3.8, 4) is 23.8 Å². The van der Waals surface area contributed by atoms with Crippen molar-refractivity contribution < 1.29 is 14.6 Å². The number of amides is 1. The van der Waals surface area contributed by atoms with E-state index in [0.29, 0.717) is 23.8 Å². The van der Waals surface area contributed by atoms with Crippen LogP contribution in [0.1, 0.15) is 17.5 Å². The molecule has 0 bridgehead atoms. The Hall–Kier alpha value is -3.24. The summed E-state index contributed by atoms with van der Waals surface area (Å²) in [5.74, 6) is 2.46. The molecule has 0 aliphatic heterocycles. The second-order valence-electron chi connectivity index (χ2n) is 5.94. The first-order valence-corrected chi connectivity index (χ1v) is 9.21. The number of phenolic OH excluding ortho intramolecular Hbond substituents is 1. The minimum absolute atomic E-state index is 0.151. The van der Waals surface area contributed by atoms with Crippen LogP contribution in [0.2, 0.25) is 0 Å². The van der Waals surface area contributed by atoms with Crippen molar-refractivity contribution in [2.75, 3.05) is 12.3 Å². The van der Waals surface area contributed by atoms with Crippen LogP contribution in [0.5, 0.6) is 11.5 Å². The molecule has 0 saturated heterocycles. The predicted molar refractivity (Wildman–Crippen MR) is 107 cm³/mol. The van der Waals surface area contributed by atoms with Crippen LogP contribution in [0.15, 0.2) is 36.4 Å². The van der Waals surface area contributed by atoms with Gasteiger partial charge in [-0.2, -0.15) is 0 Å². The molecule has 138 valence electrons. The summed E-state index contributed by atoms with van der Waals surface area (Å²) in [4.78, 5) is 15.2. The summed E-state index contributed by atoms with van der Waals surface area (Å²) in [6, 6.07) is 11.2. The van der Waals surface area contributed by atoms with Gasteiger partial charge in [0.15, 0.2) is 5.13 Å². The Bertz CT molecular complexity index is 1010. The third kappa shape index (κ3) is 4.90. The van der Waals surface area contributed by atoms with Gasteiger partial charge in [-0.25, -0.2) is 4.98 Å². The maximum atomic E-state index is 11.1. The van der Waals surface area contributed by atoms with Gasteiger partial charge in [-0.1, -0.05) is 23.5 Å². The number of nitrogen functional groups attached to an aromatic ring is 1. The molecule has 2 aromatic carbocycles. The Balaban J connectivity index is 1.52. The van der Waals surface area contributed by atoms with E-state index in [1.807, 2.05) is 36.3 Å². The standard InChI is InChI=1S/C20H19N3O3S/c1-2-18(25)22-12-14-5-3-7-15(9-14)26-8-4-6-13-10-16(24)19-17(11-13)27-20(21)23-19/h1,3,5,7,9-11,24H,4,6,8,12H2,(H2,21,23)(H,22,25). The molecule has 0 saturated carbocycles. The number of fused-ring (bicyclic) bond motifs is 1. The summed E-state index contributed by atoms with van der Waals surface area (Å²) >= 11 is 1.36. The molecule has 6 nitrogen and oxygen atoms in total. The molecule has 0 aliphatic rings. The number of aromatic nitrogens is 1. The van der Waals surface area contributed by atoms with Crippen LogP contribution in [-0.4, -0.2) is 22.6 Å². The number of rotatable bonds is 7. The molecule has 0 unspecified atom stereocenters. The first kappa shape index (κ1) is 18.5. The van der Waals surface area contributed by atoms with Crippen molar-refractivity contribution in [3.63, 3.8) is 0 Å². The van der Waals surface area contributed by atoms with Gasteiger partial charge in [0.05, 0.1) is 11.3 Å². The maximum Gasteiger partial charge on any atom is 0.295 e. The fraction of sp³-hybridized carbons (Fsp3) is 0.200. The normalized spacial score (nSPS) is 10.5. The minimum Gasteiger partial charge on any atom is -0.506 e. The third-order valence-electron chi connectivity index (χ3n) is 3.91. The number of carbonyl (C=O) groups is 1. The lowest BCUT2D eigenvalue weighted by Gasteiger charge is -2.09. The number of anilines is 1. The minimum atomic E-state index is -0.441. The van der Waals surface area contributed by atoms with Crippen molar-refractivity contribution in [2.24, 2.45) is 0 Å². The van der Waals surface area contributed by atoms with E-state index in [1.54, 1.807) is 6.07 Å². The topological polar surface area (TPSA) is 97.5 Å². The first-order valence-electron chi connectivity index (χ1n) is 8.39. The van der Waals surface area contributed by atoms with E-state index in [1.165, 1.54) is 11.3 Å². The quantitative estimate of drug-likeness (QED) is 0.432. The van der Waals surface area contributed by atoms with Crippen LogP contribution in [-0.2, 0) is 17.8 Å². The van der Waals surface area contributed by atoms with Gasteiger partial charge in [0.1, 0.15) is 17.0 Å². The average molecular weight is 381 g/mol. The third-order valence-corrected chi connectivity index (χ3v) is 4.74. The molecule has 0 aliphatic carbocycles. The Morgan fingerprint density at radius 2 is 2.19 bits per heavy atom. The predicted octanol–water partition coefficient (Wildman–Crippen LogP) is 2.85. The van der Waals surface area contributed by atoms with Gasteiger partial charge in [0.2, 0.25) is 0 Å². The van der Waals surface area contributed by atoms with Crippen LogP contribution in [0.4, 0.5) is 5.13 Å². The Labute approximate surface area is 161 Å². The van der Waals surface area contributed by atoms with Gasteiger partial charge in [0.25, 0.3) is 5.91 Å².